The normalized spacial score (nSPS) is 11.9. The zero-order chi connectivity index (χ0) is 20.5. The van der Waals surface area contributed by atoms with Crippen LogP contribution in [0.5, 0.6) is 0 Å². The molecule has 0 spiro atoms. The number of aromatic nitrogens is 2. The third-order valence-electron chi connectivity index (χ3n) is 5.10. The van der Waals surface area contributed by atoms with Crippen LogP contribution in [0.2, 0.25) is 0 Å². The SMILES string of the molecule is C=CCc1ccc(-c2ncc(-c3ccc(CCCCCC(C)F)cc3)cn2)cc1. The van der Waals surface area contributed by atoms with Crippen molar-refractivity contribution in [2.24, 2.45) is 0 Å². The number of alkyl halides is 1. The van der Waals surface area contributed by atoms with E-state index in [1.165, 1.54) is 11.1 Å². The van der Waals surface area contributed by atoms with Gasteiger partial charge in [0.2, 0.25) is 0 Å². The maximum absolute atomic E-state index is 12.8. The molecular formula is C26H29FN2. The molecule has 0 aliphatic rings. The Bertz CT molecular complexity index is 882. The van der Waals surface area contributed by atoms with E-state index in [1.807, 2.05) is 18.5 Å². The number of aryl methyl sites for hydroxylation is 1. The molecule has 0 radical (unpaired) electrons. The summed E-state index contributed by atoms with van der Waals surface area (Å²) in [6.45, 7) is 5.40. The summed E-state index contributed by atoms with van der Waals surface area (Å²) in [6, 6.07) is 16.9. The first kappa shape index (κ1) is 20.9. The van der Waals surface area contributed by atoms with Crippen molar-refractivity contribution >= 4 is 0 Å². The number of allylic oxidation sites excluding steroid dienone is 1. The number of hydrogen-bond acceptors (Lipinski definition) is 2. The summed E-state index contributed by atoms with van der Waals surface area (Å²) in [6.07, 6.45) is 10.7. The summed E-state index contributed by atoms with van der Waals surface area (Å²) >= 11 is 0. The number of hydrogen-bond donors (Lipinski definition) is 0. The predicted octanol–water partition coefficient (Wildman–Crippen LogP) is 7.00. The molecule has 1 aromatic heterocycles. The van der Waals surface area contributed by atoms with Gasteiger partial charge in [0.15, 0.2) is 5.82 Å². The predicted molar refractivity (Wildman–Crippen MR) is 120 cm³/mol. The molecule has 1 heterocycles. The Morgan fingerprint density at radius 2 is 1.45 bits per heavy atom. The van der Waals surface area contributed by atoms with Crippen molar-refractivity contribution in [2.45, 2.75) is 51.6 Å². The molecule has 0 amide bonds. The molecule has 0 saturated heterocycles. The third-order valence-corrected chi connectivity index (χ3v) is 5.10. The van der Waals surface area contributed by atoms with E-state index in [4.69, 9.17) is 0 Å². The van der Waals surface area contributed by atoms with Crippen LogP contribution in [0.1, 0.15) is 43.7 Å². The molecule has 0 saturated carbocycles. The number of rotatable bonds is 10. The Labute approximate surface area is 173 Å². The summed E-state index contributed by atoms with van der Waals surface area (Å²) in [5.74, 6) is 0.734. The molecule has 2 nitrogen and oxygen atoms in total. The first-order valence-electron chi connectivity index (χ1n) is 10.4. The van der Waals surface area contributed by atoms with Crippen LogP contribution >= 0.6 is 0 Å². The molecular weight excluding hydrogens is 359 g/mol. The lowest BCUT2D eigenvalue weighted by Crippen LogP contribution is -1.93. The molecule has 29 heavy (non-hydrogen) atoms. The fraction of sp³-hybridized carbons (Fsp3) is 0.308. The molecule has 1 unspecified atom stereocenters. The van der Waals surface area contributed by atoms with Crippen molar-refractivity contribution in [3.63, 3.8) is 0 Å². The lowest BCUT2D eigenvalue weighted by molar-refractivity contribution is 0.330. The van der Waals surface area contributed by atoms with Gasteiger partial charge in [0.05, 0.1) is 6.17 Å². The van der Waals surface area contributed by atoms with Gasteiger partial charge >= 0.3 is 0 Å². The minimum absolute atomic E-state index is 0.675. The Morgan fingerprint density at radius 3 is 2.07 bits per heavy atom. The standard InChI is InChI=1S/C26H29FN2/c1-3-7-21-12-16-24(17-13-21)26-28-18-25(19-29-26)23-14-10-22(11-15-23)9-6-4-5-8-20(2)27/h3,10-20H,1,4-9H2,2H3. The highest BCUT2D eigenvalue weighted by molar-refractivity contribution is 5.64. The molecule has 0 N–H and O–H groups in total. The van der Waals surface area contributed by atoms with Crippen molar-refractivity contribution in [1.29, 1.82) is 0 Å². The molecule has 0 bridgehead atoms. The van der Waals surface area contributed by atoms with Crippen LogP contribution in [-0.2, 0) is 12.8 Å². The Balaban J connectivity index is 1.57. The average Bonchev–Trinajstić information content (AvgIpc) is 2.75. The lowest BCUT2D eigenvalue weighted by atomic mass is 10.0. The van der Waals surface area contributed by atoms with E-state index in [-0.39, 0.29) is 0 Å². The van der Waals surface area contributed by atoms with Crippen LogP contribution in [0, 0.1) is 0 Å². The van der Waals surface area contributed by atoms with Crippen LogP contribution in [0.15, 0.2) is 73.6 Å². The van der Waals surface area contributed by atoms with Crippen molar-refractivity contribution in [2.75, 3.05) is 0 Å². The fourth-order valence-electron chi connectivity index (χ4n) is 3.38. The number of nitrogens with zero attached hydrogens (tertiary/aromatic N) is 2. The van der Waals surface area contributed by atoms with Crippen LogP contribution in [0.25, 0.3) is 22.5 Å². The van der Waals surface area contributed by atoms with Gasteiger partial charge in [-0.05, 0) is 49.3 Å². The molecule has 3 heteroatoms. The van der Waals surface area contributed by atoms with E-state index >= 15 is 0 Å². The van der Waals surface area contributed by atoms with Crippen molar-refractivity contribution in [3.05, 3.63) is 84.7 Å². The minimum Gasteiger partial charge on any atom is -0.248 e. The van der Waals surface area contributed by atoms with Crippen molar-refractivity contribution in [1.82, 2.24) is 9.97 Å². The molecule has 3 rings (SSSR count). The van der Waals surface area contributed by atoms with E-state index in [0.717, 1.165) is 54.6 Å². The van der Waals surface area contributed by atoms with Gasteiger partial charge < -0.3 is 0 Å². The van der Waals surface area contributed by atoms with Gasteiger partial charge in [0.25, 0.3) is 0 Å². The lowest BCUT2D eigenvalue weighted by Gasteiger charge is -2.06. The Kier molecular flexibility index (Phi) is 7.69. The summed E-state index contributed by atoms with van der Waals surface area (Å²) in [4.78, 5) is 9.09. The van der Waals surface area contributed by atoms with E-state index in [2.05, 4.69) is 65.1 Å². The largest absolute Gasteiger partial charge is 0.248 e. The highest BCUT2D eigenvalue weighted by atomic mass is 19.1. The Morgan fingerprint density at radius 1 is 0.828 bits per heavy atom. The fourth-order valence-corrected chi connectivity index (χ4v) is 3.38. The minimum atomic E-state index is -0.681. The average molecular weight is 389 g/mol. The number of halogens is 1. The zero-order valence-corrected chi connectivity index (χ0v) is 17.2. The van der Waals surface area contributed by atoms with E-state index in [1.54, 1.807) is 6.92 Å². The molecule has 1 atom stereocenters. The molecule has 3 aromatic rings. The van der Waals surface area contributed by atoms with Crippen molar-refractivity contribution in [3.8, 4) is 22.5 Å². The van der Waals surface area contributed by atoms with Gasteiger partial charge in [-0.15, -0.1) is 6.58 Å². The second kappa shape index (κ2) is 10.7. The van der Waals surface area contributed by atoms with Gasteiger partial charge in [-0.3, -0.25) is 0 Å². The van der Waals surface area contributed by atoms with Crippen molar-refractivity contribution < 1.29 is 4.39 Å². The molecule has 150 valence electrons. The summed E-state index contributed by atoms with van der Waals surface area (Å²) in [5, 5.41) is 0. The van der Waals surface area contributed by atoms with E-state index in [9.17, 15) is 4.39 Å². The van der Waals surface area contributed by atoms with Crippen LogP contribution in [0.3, 0.4) is 0 Å². The highest BCUT2D eigenvalue weighted by Crippen LogP contribution is 2.22. The number of benzene rings is 2. The molecule has 0 fully saturated rings. The maximum atomic E-state index is 12.8. The van der Waals surface area contributed by atoms with Gasteiger partial charge in [0, 0.05) is 23.5 Å². The summed E-state index contributed by atoms with van der Waals surface area (Å²) in [7, 11) is 0. The van der Waals surface area contributed by atoms with Gasteiger partial charge in [-0.25, -0.2) is 14.4 Å². The summed E-state index contributed by atoms with van der Waals surface area (Å²) < 4.78 is 12.8. The molecule has 0 aliphatic heterocycles. The molecule has 0 aliphatic carbocycles. The van der Waals surface area contributed by atoms with E-state index in [0.29, 0.717) is 6.42 Å². The Hall–Kier alpha value is -2.81. The van der Waals surface area contributed by atoms with Crippen LogP contribution in [-0.4, -0.2) is 16.1 Å². The van der Waals surface area contributed by atoms with E-state index < -0.39 is 6.17 Å². The van der Waals surface area contributed by atoms with Gasteiger partial charge in [0.1, 0.15) is 0 Å². The second-order valence-electron chi connectivity index (χ2n) is 7.56. The van der Waals surface area contributed by atoms with Crippen LogP contribution in [0.4, 0.5) is 4.39 Å². The zero-order valence-electron chi connectivity index (χ0n) is 17.2. The quantitative estimate of drug-likeness (QED) is 0.276. The maximum Gasteiger partial charge on any atom is 0.159 e. The third kappa shape index (κ3) is 6.35. The first-order chi connectivity index (χ1) is 14.2. The molecule has 2 aromatic carbocycles. The monoisotopic (exact) mass is 388 g/mol. The summed E-state index contributed by atoms with van der Waals surface area (Å²) in [5.41, 5.74) is 5.70. The number of unbranched alkanes of at least 4 members (excludes halogenated alkanes) is 2. The highest BCUT2D eigenvalue weighted by Gasteiger charge is 2.04. The van der Waals surface area contributed by atoms with Gasteiger partial charge in [-0.2, -0.15) is 0 Å². The van der Waals surface area contributed by atoms with Gasteiger partial charge in [-0.1, -0.05) is 67.4 Å². The van der Waals surface area contributed by atoms with Crippen LogP contribution < -0.4 is 0 Å². The second-order valence-corrected chi connectivity index (χ2v) is 7.56. The smallest absolute Gasteiger partial charge is 0.159 e. The topological polar surface area (TPSA) is 25.8 Å². The first-order valence-corrected chi connectivity index (χ1v) is 10.4.